The fourth-order valence-corrected chi connectivity index (χ4v) is 2.69. The molecule has 0 saturated carbocycles. The molecule has 1 aromatic carbocycles. The summed E-state index contributed by atoms with van der Waals surface area (Å²) >= 11 is 0. The van der Waals surface area contributed by atoms with Crippen LogP contribution in [-0.2, 0) is 4.79 Å². The average Bonchev–Trinajstić information content (AvgIpc) is 2.77. The molecule has 1 aromatic rings. The fraction of sp³-hybridized carbons (Fsp3) is 0.588. The molecule has 1 aliphatic rings. The molecule has 1 fully saturated rings. The van der Waals surface area contributed by atoms with Gasteiger partial charge in [-0.1, -0.05) is 19.8 Å². The van der Waals surface area contributed by atoms with Gasteiger partial charge in [-0.05, 0) is 43.7 Å². The van der Waals surface area contributed by atoms with Crippen LogP contribution in [0.1, 0.15) is 39.0 Å². The summed E-state index contributed by atoms with van der Waals surface area (Å²) in [6.07, 6.45) is 5.76. The van der Waals surface area contributed by atoms with Crippen molar-refractivity contribution in [2.75, 3.05) is 36.4 Å². The Balaban J connectivity index is 1.84. The summed E-state index contributed by atoms with van der Waals surface area (Å²) < 4.78 is 0. The lowest BCUT2D eigenvalue weighted by molar-refractivity contribution is -0.116. The number of hydrogen-bond donors (Lipinski definition) is 2. The maximum Gasteiger partial charge on any atom is 0.225 e. The normalized spacial score (nSPS) is 15.6. The fourth-order valence-electron chi connectivity index (χ4n) is 2.69. The standard InChI is InChI=1S/C17H27N3O/c1-2-18-12-11-17(21)19-15-7-9-16(10-8-15)20-13-5-3-4-6-14-20/h7-10,18H,2-6,11-14H2,1H3,(H,19,21). The third-order valence-corrected chi connectivity index (χ3v) is 3.90. The number of amides is 1. The molecule has 2 rings (SSSR count). The first-order valence-corrected chi connectivity index (χ1v) is 8.15. The van der Waals surface area contributed by atoms with Crippen molar-refractivity contribution in [2.45, 2.75) is 39.0 Å². The zero-order valence-electron chi connectivity index (χ0n) is 13.0. The molecule has 0 aliphatic carbocycles. The molecule has 0 unspecified atom stereocenters. The van der Waals surface area contributed by atoms with E-state index in [2.05, 4.69) is 27.7 Å². The molecule has 1 aliphatic heterocycles. The van der Waals surface area contributed by atoms with Crippen LogP contribution in [-0.4, -0.2) is 32.1 Å². The summed E-state index contributed by atoms with van der Waals surface area (Å²) in [6, 6.07) is 8.24. The molecular formula is C17H27N3O. The van der Waals surface area contributed by atoms with Crippen molar-refractivity contribution >= 4 is 17.3 Å². The molecule has 0 atom stereocenters. The Morgan fingerprint density at radius 1 is 1.10 bits per heavy atom. The van der Waals surface area contributed by atoms with Gasteiger partial charge in [0.1, 0.15) is 0 Å². The lowest BCUT2D eigenvalue weighted by atomic mass is 10.2. The number of rotatable bonds is 6. The number of benzene rings is 1. The molecule has 0 aromatic heterocycles. The van der Waals surface area contributed by atoms with Crippen LogP contribution in [0.25, 0.3) is 0 Å². The summed E-state index contributed by atoms with van der Waals surface area (Å²) in [7, 11) is 0. The molecule has 2 N–H and O–H groups in total. The smallest absolute Gasteiger partial charge is 0.225 e. The summed E-state index contributed by atoms with van der Waals surface area (Å²) in [6.45, 7) is 5.97. The first-order chi connectivity index (χ1) is 10.3. The van der Waals surface area contributed by atoms with Crippen LogP contribution in [0.2, 0.25) is 0 Å². The average molecular weight is 289 g/mol. The van der Waals surface area contributed by atoms with E-state index in [-0.39, 0.29) is 5.91 Å². The van der Waals surface area contributed by atoms with Crippen LogP contribution in [0.5, 0.6) is 0 Å². The molecule has 4 heteroatoms. The number of nitrogens with one attached hydrogen (secondary N) is 2. The van der Waals surface area contributed by atoms with Crippen molar-refractivity contribution in [3.05, 3.63) is 24.3 Å². The van der Waals surface area contributed by atoms with Gasteiger partial charge < -0.3 is 15.5 Å². The van der Waals surface area contributed by atoms with Crippen LogP contribution in [0.4, 0.5) is 11.4 Å². The van der Waals surface area contributed by atoms with E-state index >= 15 is 0 Å². The molecule has 0 bridgehead atoms. The van der Waals surface area contributed by atoms with E-state index in [1.807, 2.05) is 19.1 Å². The van der Waals surface area contributed by atoms with Crippen molar-refractivity contribution in [3.8, 4) is 0 Å². The maximum atomic E-state index is 11.8. The lowest BCUT2D eigenvalue weighted by Crippen LogP contribution is -2.24. The van der Waals surface area contributed by atoms with Gasteiger partial charge in [0.2, 0.25) is 5.91 Å². The number of anilines is 2. The quantitative estimate of drug-likeness (QED) is 0.791. The number of carbonyl (C=O) groups is 1. The topological polar surface area (TPSA) is 44.4 Å². The van der Waals surface area contributed by atoms with E-state index in [1.165, 1.54) is 31.4 Å². The van der Waals surface area contributed by atoms with Crippen molar-refractivity contribution in [2.24, 2.45) is 0 Å². The molecule has 4 nitrogen and oxygen atoms in total. The molecule has 21 heavy (non-hydrogen) atoms. The molecule has 116 valence electrons. The van der Waals surface area contributed by atoms with E-state index in [0.29, 0.717) is 6.42 Å². The summed E-state index contributed by atoms with van der Waals surface area (Å²) in [5, 5.41) is 6.10. The predicted octanol–water partition coefficient (Wildman–Crippen LogP) is 3.01. The van der Waals surface area contributed by atoms with E-state index in [1.54, 1.807) is 0 Å². The van der Waals surface area contributed by atoms with E-state index in [4.69, 9.17) is 0 Å². The summed E-state index contributed by atoms with van der Waals surface area (Å²) in [4.78, 5) is 14.2. The molecule has 1 saturated heterocycles. The third kappa shape index (κ3) is 5.38. The van der Waals surface area contributed by atoms with Crippen LogP contribution in [0.15, 0.2) is 24.3 Å². The van der Waals surface area contributed by atoms with Crippen molar-refractivity contribution in [3.63, 3.8) is 0 Å². The second kappa shape index (κ2) is 8.67. The first kappa shape index (κ1) is 15.8. The molecule has 1 amide bonds. The van der Waals surface area contributed by atoms with E-state index in [9.17, 15) is 4.79 Å². The van der Waals surface area contributed by atoms with E-state index in [0.717, 1.165) is 31.9 Å². The van der Waals surface area contributed by atoms with Gasteiger partial charge >= 0.3 is 0 Å². The van der Waals surface area contributed by atoms with Crippen LogP contribution in [0.3, 0.4) is 0 Å². The Bertz CT molecular complexity index is 422. The lowest BCUT2D eigenvalue weighted by Gasteiger charge is -2.22. The Hall–Kier alpha value is -1.55. The van der Waals surface area contributed by atoms with Crippen molar-refractivity contribution < 1.29 is 4.79 Å². The molecule has 0 radical (unpaired) electrons. The van der Waals surface area contributed by atoms with Gasteiger partial charge in [0.15, 0.2) is 0 Å². The SMILES string of the molecule is CCNCCC(=O)Nc1ccc(N2CCCCCC2)cc1. The zero-order chi connectivity index (χ0) is 14.9. The molecular weight excluding hydrogens is 262 g/mol. The summed E-state index contributed by atoms with van der Waals surface area (Å²) in [5.74, 6) is 0.0680. The second-order valence-electron chi connectivity index (χ2n) is 5.60. The van der Waals surface area contributed by atoms with Crippen molar-refractivity contribution in [1.82, 2.24) is 5.32 Å². The van der Waals surface area contributed by atoms with Gasteiger partial charge in [-0.3, -0.25) is 4.79 Å². The largest absolute Gasteiger partial charge is 0.372 e. The molecule has 0 spiro atoms. The molecule has 1 heterocycles. The predicted molar refractivity (Wildman–Crippen MR) is 88.9 cm³/mol. The first-order valence-electron chi connectivity index (χ1n) is 8.15. The zero-order valence-corrected chi connectivity index (χ0v) is 13.0. The Labute approximate surface area is 127 Å². The third-order valence-electron chi connectivity index (χ3n) is 3.90. The minimum Gasteiger partial charge on any atom is -0.372 e. The van der Waals surface area contributed by atoms with Gasteiger partial charge in [0.25, 0.3) is 0 Å². The van der Waals surface area contributed by atoms with Crippen LogP contribution in [0, 0.1) is 0 Å². The maximum absolute atomic E-state index is 11.8. The monoisotopic (exact) mass is 289 g/mol. The van der Waals surface area contributed by atoms with Gasteiger partial charge in [-0.15, -0.1) is 0 Å². The van der Waals surface area contributed by atoms with Gasteiger partial charge in [0.05, 0.1) is 0 Å². The highest BCUT2D eigenvalue weighted by Crippen LogP contribution is 2.21. The minimum atomic E-state index is 0.0680. The highest BCUT2D eigenvalue weighted by molar-refractivity contribution is 5.91. The number of nitrogens with zero attached hydrogens (tertiary/aromatic N) is 1. The van der Waals surface area contributed by atoms with Crippen molar-refractivity contribution in [1.29, 1.82) is 0 Å². The summed E-state index contributed by atoms with van der Waals surface area (Å²) in [5.41, 5.74) is 2.15. The van der Waals surface area contributed by atoms with Gasteiger partial charge in [0, 0.05) is 37.4 Å². The Morgan fingerprint density at radius 2 is 1.76 bits per heavy atom. The second-order valence-corrected chi connectivity index (χ2v) is 5.60. The van der Waals surface area contributed by atoms with Crippen LogP contribution < -0.4 is 15.5 Å². The van der Waals surface area contributed by atoms with Gasteiger partial charge in [-0.25, -0.2) is 0 Å². The Morgan fingerprint density at radius 3 is 2.38 bits per heavy atom. The number of carbonyl (C=O) groups excluding carboxylic acids is 1. The Kier molecular flexibility index (Phi) is 6.54. The minimum absolute atomic E-state index is 0.0680. The van der Waals surface area contributed by atoms with Gasteiger partial charge in [-0.2, -0.15) is 0 Å². The number of hydrogen-bond acceptors (Lipinski definition) is 3. The van der Waals surface area contributed by atoms with E-state index < -0.39 is 0 Å². The van der Waals surface area contributed by atoms with Crippen LogP contribution >= 0.6 is 0 Å². The highest BCUT2D eigenvalue weighted by Gasteiger charge is 2.10. The highest BCUT2D eigenvalue weighted by atomic mass is 16.1.